The van der Waals surface area contributed by atoms with Gasteiger partial charge in [0.2, 0.25) is 0 Å². The lowest BCUT2D eigenvalue weighted by Gasteiger charge is -2.07. The molecule has 1 rings (SSSR count). The third-order valence-corrected chi connectivity index (χ3v) is 2.31. The molecule has 1 aromatic carbocycles. The van der Waals surface area contributed by atoms with Crippen LogP contribution in [0.2, 0.25) is 0 Å². The molecule has 86 valence electrons. The zero-order valence-electron chi connectivity index (χ0n) is 9.76. The Morgan fingerprint density at radius 2 is 1.81 bits per heavy atom. The molecule has 0 heterocycles. The standard InChI is InChI=1S/C12H16N2O2/c1-4-13-11(15)12(16)14-10-6-5-8(2)9(3)7-10/h5-7H,4H2,1-3H3,(H,13,15)(H,14,16). The van der Waals surface area contributed by atoms with Gasteiger partial charge in [0.1, 0.15) is 0 Å². The summed E-state index contributed by atoms with van der Waals surface area (Å²) in [6, 6.07) is 5.52. The fourth-order valence-corrected chi connectivity index (χ4v) is 1.25. The van der Waals surface area contributed by atoms with Gasteiger partial charge in [-0.05, 0) is 44.0 Å². The Morgan fingerprint density at radius 1 is 1.12 bits per heavy atom. The molecule has 0 radical (unpaired) electrons. The lowest BCUT2D eigenvalue weighted by molar-refractivity contribution is -0.136. The summed E-state index contributed by atoms with van der Waals surface area (Å²) in [4.78, 5) is 22.6. The van der Waals surface area contributed by atoms with Crippen molar-refractivity contribution in [2.45, 2.75) is 20.8 Å². The van der Waals surface area contributed by atoms with Crippen LogP contribution in [0.25, 0.3) is 0 Å². The normalized spacial score (nSPS) is 9.69. The number of amides is 2. The van der Waals surface area contributed by atoms with Crippen LogP contribution in [0.1, 0.15) is 18.1 Å². The van der Waals surface area contributed by atoms with Gasteiger partial charge in [-0.25, -0.2) is 0 Å². The van der Waals surface area contributed by atoms with Crippen LogP contribution in [0.4, 0.5) is 5.69 Å². The third kappa shape index (κ3) is 3.08. The number of benzene rings is 1. The molecule has 0 unspecified atom stereocenters. The summed E-state index contributed by atoms with van der Waals surface area (Å²) in [5, 5.41) is 4.98. The SMILES string of the molecule is CCNC(=O)C(=O)Nc1ccc(C)c(C)c1. The van der Waals surface area contributed by atoms with E-state index in [4.69, 9.17) is 0 Å². The van der Waals surface area contributed by atoms with Crippen molar-refractivity contribution >= 4 is 17.5 Å². The highest BCUT2D eigenvalue weighted by atomic mass is 16.2. The van der Waals surface area contributed by atoms with Crippen molar-refractivity contribution in [3.8, 4) is 0 Å². The number of nitrogens with one attached hydrogen (secondary N) is 2. The highest BCUT2D eigenvalue weighted by Crippen LogP contribution is 2.13. The van der Waals surface area contributed by atoms with Crippen LogP contribution in [0.5, 0.6) is 0 Å². The molecule has 0 aliphatic carbocycles. The Kier molecular flexibility index (Phi) is 4.05. The number of rotatable bonds is 2. The molecule has 16 heavy (non-hydrogen) atoms. The van der Waals surface area contributed by atoms with E-state index in [1.54, 1.807) is 13.0 Å². The maximum absolute atomic E-state index is 11.4. The summed E-state index contributed by atoms with van der Waals surface area (Å²) >= 11 is 0. The van der Waals surface area contributed by atoms with Crippen molar-refractivity contribution in [3.63, 3.8) is 0 Å². The first kappa shape index (κ1) is 12.2. The van der Waals surface area contributed by atoms with Gasteiger partial charge in [-0.15, -0.1) is 0 Å². The first-order valence-electron chi connectivity index (χ1n) is 5.21. The second-order valence-electron chi connectivity index (χ2n) is 3.61. The Morgan fingerprint density at radius 3 is 2.38 bits per heavy atom. The van der Waals surface area contributed by atoms with Crippen LogP contribution >= 0.6 is 0 Å². The molecule has 0 fully saturated rings. The molecule has 1 aromatic rings. The Bertz CT molecular complexity index is 413. The van der Waals surface area contributed by atoms with Gasteiger partial charge in [-0.1, -0.05) is 6.07 Å². The summed E-state index contributed by atoms with van der Waals surface area (Å²) in [7, 11) is 0. The molecular weight excluding hydrogens is 204 g/mol. The van der Waals surface area contributed by atoms with Crippen LogP contribution in [0.3, 0.4) is 0 Å². The van der Waals surface area contributed by atoms with E-state index in [0.717, 1.165) is 11.1 Å². The Labute approximate surface area is 95.0 Å². The van der Waals surface area contributed by atoms with E-state index < -0.39 is 11.8 Å². The molecule has 0 aliphatic heterocycles. The van der Waals surface area contributed by atoms with Crippen LogP contribution < -0.4 is 10.6 Å². The van der Waals surface area contributed by atoms with Gasteiger partial charge in [0, 0.05) is 12.2 Å². The summed E-state index contributed by atoms with van der Waals surface area (Å²) in [5.74, 6) is -1.24. The largest absolute Gasteiger partial charge is 0.348 e. The molecule has 2 N–H and O–H groups in total. The molecule has 0 atom stereocenters. The monoisotopic (exact) mass is 220 g/mol. The number of likely N-dealkylation sites (N-methyl/N-ethyl adjacent to an activating group) is 1. The average molecular weight is 220 g/mol. The van der Waals surface area contributed by atoms with E-state index in [1.807, 2.05) is 26.0 Å². The first-order valence-corrected chi connectivity index (χ1v) is 5.21. The van der Waals surface area contributed by atoms with Crippen LogP contribution in [0.15, 0.2) is 18.2 Å². The number of carbonyl (C=O) groups excluding carboxylic acids is 2. The molecule has 2 amide bonds. The number of carbonyl (C=O) groups is 2. The van der Waals surface area contributed by atoms with E-state index in [1.165, 1.54) is 0 Å². The van der Waals surface area contributed by atoms with Gasteiger partial charge in [0.05, 0.1) is 0 Å². The van der Waals surface area contributed by atoms with Gasteiger partial charge in [0.25, 0.3) is 0 Å². The van der Waals surface area contributed by atoms with Gasteiger partial charge in [-0.3, -0.25) is 9.59 Å². The highest BCUT2D eigenvalue weighted by Gasteiger charge is 2.12. The Hall–Kier alpha value is -1.84. The predicted molar refractivity (Wildman–Crippen MR) is 63.2 cm³/mol. The van der Waals surface area contributed by atoms with E-state index in [2.05, 4.69) is 10.6 Å². The summed E-state index contributed by atoms with van der Waals surface area (Å²) < 4.78 is 0. The molecule has 0 spiro atoms. The minimum atomic E-state index is -0.634. The van der Waals surface area contributed by atoms with Gasteiger partial charge in [0.15, 0.2) is 0 Å². The average Bonchev–Trinajstić information content (AvgIpc) is 2.24. The zero-order valence-corrected chi connectivity index (χ0v) is 9.76. The van der Waals surface area contributed by atoms with E-state index in [0.29, 0.717) is 12.2 Å². The van der Waals surface area contributed by atoms with Crippen molar-refractivity contribution < 1.29 is 9.59 Å². The lowest BCUT2D eigenvalue weighted by Crippen LogP contribution is -2.35. The smallest absolute Gasteiger partial charge is 0.313 e. The zero-order chi connectivity index (χ0) is 12.1. The maximum atomic E-state index is 11.4. The number of aryl methyl sites for hydroxylation is 2. The molecule has 0 aromatic heterocycles. The van der Waals surface area contributed by atoms with Gasteiger partial charge >= 0.3 is 11.8 Å². The van der Waals surface area contributed by atoms with Crippen LogP contribution in [0, 0.1) is 13.8 Å². The number of hydrogen-bond acceptors (Lipinski definition) is 2. The van der Waals surface area contributed by atoms with Crippen LogP contribution in [-0.4, -0.2) is 18.4 Å². The fourth-order valence-electron chi connectivity index (χ4n) is 1.25. The second-order valence-corrected chi connectivity index (χ2v) is 3.61. The van der Waals surface area contributed by atoms with Crippen molar-refractivity contribution in [3.05, 3.63) is 29.3 Å². The predicted octanol–water partition coefficient (Wildman–Crippen LogP) is 1.38. The second kappa shape index (κ2) is 5.30. The molecule has 0 aliphatic rings. The molecular formula is C12H16N2O2. The van der Waals surface area contributed by atoms with E-state index in [9.17, 15) is 9.59 Å². The van der Waals surface area contributed by atoms with Crippen molar-refractivity contribution in [1.82, 2.24) is 5.32 Å². The van der Waals surface area contributed by atoms with E-state index in [-0.39, 0.29) is 0 Å². The Balaban J connectivity index is 2.70. The number of anilines is 1. The summed E-state index contributed by atoms with van der Waals surface area (Å²) in [5.41, 5.74) is 2.86. The molecule has 0 bridgehead atoms. The van der Waals surface area contributed by atoms with Gasteiger partial charge in [-0.2, -0.15) is 0 Å². The topological polar surface area (TPSA) is 58.2 Å². The molecule has 0 saturated carbocycles. The summed E-state index contributed by atoms with van der Waals surface area (Å²) in [6.45, 7) is 6.15. The maximum Gasteiger partial charge on any atom is 0.313 e. The van der Waals surface area contributed by atoms with Crippen molar-refractivity contribution in [2.75, 3.05) is 11.9 Å². The lowest BCUT2D eigenvalue weighted by atomic mass is 10.1. The molecule has 0 saturated heterocycles. The quantitative estimate of drug-likeness (QED) is 0.740. The minimum Gasteiger partial charge on any atom is -0.348 e. The van der Waals surface area contributed by atoms with Crippen molar-refractivity contribution in [2.24, 2.45) is 0 Å². The minimum absolute atomic E-state index is 0.444. The number of hydrogen-bond donors (Lipinski definition) is 2. The molecule has 4 heteroatoms. The van der Waals surface area contributed by atoms with Crippen LogP contribution in [-0.2, 0) is 9.59 Å². The van der Waals surface area contributed by atoms with Crippen molar-refractivity contribution in [1.29, 1.82) is 0 Å². The van der Waals surface area contributed by atoms with Gasteiger partial charge < -0.3 is 10.6 Å². The summed E-state index contributed by atoms with van der Waals surface area (Å²) in [6.07, 6.45) is 0. The van der Waals surface area contributed by atoms with E-state index >= 15 is 0 Å². The third-order valence-electron chi connectivity index (χ3n) is 2.31. The first-order chi connectivity index (χ1) is 7.54. The highest BCUT2D eigenvalue weighted by molar-refractivity contribution is 6.39. The fraction of sp³-hybridized carbons (Fsp3) is 0.333. The molecule has 4 nitrogen and oxygen atoms in total.